The van der Waals surface area contributed by atoms with Crippen molar-refractivity contribution in [2.75, 3.05) is 0 Å². The van der Waals surface area contributed by atoms with Gasteiger partial charge in [0.05, 0.1) is 10.1 Å². The van der Waals surface area contributed by atoms with Crippen LogP contribution in [-0.4, -0.2) is 4.37 Å². The molecule has 0 spiro atoms. The van der Waals surface area contributed by atoms with Crippen LogP contribution in [0.15, 0.2) is 23.0 Å². The predicted molar refractivity (Wildman–Crippen MR) is 41.3 cm³/mol. The highest BCUT2D eigenvalue weighted by Crippen LogP contribution is 2.10. The lowest BCUT2D eigenvalue weighted by Gasteiger charge is -1.79. The summed E-state index contributed by atoms with van der Waals surface area (Å²) in [5.74, 6) is 0. The molecule has 0 aliphatic carbocycles. The lowest BCUT2D eigenvalue weighted by atomic mass is 10.3. The Morgan fingerprint density at radius 3 is 3.30 bits per heavy atom. The molecule has 0 aliphatic rings. The number of rotatable bonds is 0. The van der Waals surface area contributed by atoms with Crippen molar-refractivity contribution in [2.45, 2.75) is 0 Å². The third-order valence-electron chi connectivity index (χ3n) is 1.30. The highest BCUT2D eigenvalue weighted by atomic mass is 32.1. The Hall–Kier alpha value is -1.09. The van der Waals surface area contributed by atoms with E-state index < -0.39 is 0 Å². The molecule has 1 aromatic carbocycles. The first-order chi connectivity index (χ1) is 4.88. The number of benzene rings is 1. The molecule has 3 heteroatoms. The summed E-state index contributed by atoms with van der Waals surface area (Å²) in [6.07, 6.45) is 0. The van der Waals surface area contributed by atoms with Gasteiger partial charge < -0.3 is 0 Å². The molecule has 2 rings (SSSR count). The maximum absolute atomic E-state index is 10.9. The van der Waals surface area contributed by atoms with Crippen LogP contribution >= 0.6 is 11.5 Å². The number of aromatic nitrogens is 1. The van der Waals surface area contributed by atoms with E-state index in [-0.39, 0.29) is 5.56 Å². The maximum atomic E-state index is 10.9. The van der Waals surface area contributed by atoms with Crippen molar-refractivity contribution < 1.29 is 0 Å². The van der Waals surface area contributed by atoms with Crippen LogP contribution in [0, 0.1) is 6.07 Å². The molecule has 0 bridgehead atoms. The molecular weight excluding hydrogens is 146 g/mol. The highest BCUT2D eigenvalue weighted by molar-refractivity contribution is 7.13. The van der Waals surface area contributed by atoms with Crippen LogP contribution in [0.2, 0.25) is 0 Å². The van der Waals surface area contributed by atoms with Crippen molar-refractivity contribution in [1.29, 1.82) is 0 Å². The number of H-pyrrole nitrogens is 1. The average Bonchev–Trinajstić information content (AvgIpc) is 2.34. The van der Waals surface area contributed by atoms with Gasteiger partial charge >= 0.3 is 0 Å². The van der Waals surface area contributed by atoms with Crippen molar-refractivity contribution in [1.82, 2.24) is 4.37 Å². The van der Waals surface area contributed by atoms with Crippen molar-refractivity contribution in [3.8, 4) is 0 Å². The minimum atomic E-state index is -0.0411. The second kappa shape index (κ2) is 1.95. The molecule has 2 aromatic rings. The van der Waals surface area contributed by atoms with Gasteiger partial charge in [-0.15, -0.1) is 0 Å². The van der Waals surface area contributed by atoms with E-state index in [1.54, 1.807) is 6.07 Å². The van der Waals surface area contributed by atoms with Crippen LogP contribution in [-0.2, 0) is 0 Å². The second-order valence-electron chi connectivity index (χ2n) is 1.94. The molecule has 1 N–H and O–H groups in total. The molecule has 0 saturated carbocycles. The first-order valence-electron chi connectivity index (χ1n) is 2.86. The standard InChI is InChI=1S/C7H4NOS/c9-7-5-3-1-2-4-6(5)10-8-7/h1-2,4H,(H,8,9). The van der Waals surface area contributed by atoms with E-state index in [2.05, 4.69) is 10.4 Å². The van der Waals surface area contributed by atoms with E-state index >= 15 is 0 Å². The Labute approximate surface area is 61.3 Å². The molecule has 1 aromatic heterocycles. The second-order valence-corrected chi connectivity index (χ2v) is 2.79. The maximum Gasteiger partial charge on any atom is 0.266 e. The van der Waals surface area contributed by atoms with E-state index in [1.165, 1.54) is 11.5 Å². The smallest absolute Gasteiger partial charge is 0.266 e. The van der Waals surface area contributed by atoms with Crippen LogP contribution in [0.5, 0.6) is 0 Å². The van der Waals surface area contributed by atoms with Crippen LogP contribution in [0.4, 0.5) is 0 Å². The van der Waals surface area contributed by atoms with Gasteiger partial charge in [-0.05, 0) is 12.1 Å². The molecular formula is C7H4NOS. The summed E-state index contributed by atoms with van der Waals surface area (Å²) in [4.78, 5) is 10.9. The summed E-state index contributed by atoms with van der Waals surface area (Å²) in [5.41, 5.74) is -0.0411. The van der Waals surface area contributed by atoms with E-state index in [9.17, 15) is 4.79 Å². The van der Waals surface area contributed by atoms with Crippen molar-refractivity contribution in [3.63, 3.8) is 0 Å². The van der Waals surface area contributed by atoms with Gasteiger partial charge in [-0.1, -0.05) is 23.7 Å². The predicted octanol–water partition coefficient (Wildman–Crippen LogP) is 1.39. The van der Waals surface area contributed by atoms with Crippen molar-refractivity contribution in [3.05, 3.63) is 34.6 Å². The normalized spacial score (nSPS) is 10.4. The van der Waals surface area contributed by atoms with Crippen LogP contribution in [0.3, 0.4) is 0 Å². The minimum absolute atomic E-state index is 0.0411. The quantitative estimate of drug-likeness (QED) is 0.604. The van der Waals surface area contributed by atoms with Gasteiger partial charge in [-0.3, -0.25) is 9.17 Å². The van der Waals surface area contributed by atoms with Gasteiger partial charge in [-0.2, -0.15) is 0 Å². The third-order valence-corrected chi connectivity index (χ3v) is 2.15. The van der Waals surface area contributed by atoms with Crippen molar-refractivity contribution in [2.24, 2.45) is 0 Å². The first-order valence-corrected chi connectivity index (χ1v) is 3.67. The minimum Gasteiger partial charge on any atom is -0.277 e. The topological polar surface area (TPSA) is 32.9 Å². The Morgan fingerprint density at radius 2 is 2.50 bits per heavy atom. The Bertz CT molecular complexity index is 401. The molecule has 1 radical (unpaired) electrons. The van der Waals surface area contributed by atoms with Gasteiger partial charge in [0, 0.05) is 0 Å². The number of fused-ring (bicyclic) bond motifs is 1. The Morgan fingerprint density at radius 1 is 1.60 bits per heavy atom. The van der Waals surface area contributed by atoms with Gasteiger partial charge in [0.2, 0.25) is 0 Å². The zero-order chi connectivity index (χ0) is 6.97. The summed E-state index contributed by atoms with van der Waals surface area (Å²) >= 11 is 1.35. The van der Waals surface area contributed by atoms with Crippen LogP contribution in [0.1, 0.15) is 0 Å². The first kappa shape index (κ1) is 5.68. The van der Waals surface area contributed by atoms with E-state index in [4.69, 9.17) is 0 Å². The number of hydrogen-bond acceptors (Lipinski definition) is 2. The van der Waals surface area contributed by atoms with Crippen molar-refractivity contribution >= 4 is 21.6 Å². The molecule has 49 valence electrons. The number of nitrogens with one attached hydrogen (secondary N) is 1. The fourth-order valence-corrected chi connectivity index (χ4v) is 1.54. The lowest BCUT2D eigenvalue weighted by molar-refractivity contribution is 1.46. The number of hydrogen-bond donors (Lipinski definition) is 1. The largest absolute Gasteiger partial charge is 0.277 e. The van der Waals surface area contributed by atoms with Crippen LogP contribution < -0.4 is 5.56 Å². The zero-order valence-electron chi connectivity index (χ0n) is 5.05. The van der Waals surface area contributed by atoms with Gasteiger partial charge in [0.1, 0.15) is 0 Å². The van der Waals surface area contributed by atoms with Gasteiger partial charge in [0.25, 0.3) is 5.56 Å². The number of aromatic amines is 1. The van der Waals surface area contributed by atoms with Gasteiger partial charge in [-0.25, -0.2) is 0 Å². The molecule has 2 nitrogen and oxygen atoms in total. The average molecular weight is 150 g/mol. The van der Waals surface area contributed by atoms with Gasteiger partial charge in [0.15, 0.2) is 0 Å². The fraction of sp³-hybridized carbons (Fsp3) is 0. The molecule has 10 heavy (non-hydrogen) atoms. The SMILES string of the molecule is O=c1[nH]sc2ccc[c]c12. The van der Waals surface area contributed by atoms with E-state index in [0.717, 1.165) is 4.70 Å². The molecule has 0 aliphatic heterocycles. The monoisotopic (exact) mass is 150 g/mol. The molecule has 0 atom stereocenters. The van der Waals surface area contributed by atoms with E-state index in [1.807, 2.05) is 12.1 Å². The molecule has 0 unspecified atom stereocenters. The summed E-state index contributed by atoms with van der Waals surface area (Å²) in [6.45, 7) is 0. The molecule has 1 heterocycles. The lowest BCUT2D eigenvalue weighted by Crippen LogP contribution is -1.95. The molecule has 0 fully saturated rings. The summed E-state index contributed by atoms with van der Waals surface area (Å²) in [6, 6.07) is 8.37. The van der Waals surface area contributed by atoms with Crippen LogP contribution in [0.25, 0.3) is 10.1 Å². The molecule has 0 saturated heterocycles. The fourth-order valence-electron chi connectivity index (χ4n) is 0.836. The Balaban J connectivity index is 3.07. The summed E-state index contributed by atoms with van der Waals surface area (Å²) in [7, 11) is 0. The summed E-state index contributed by atoms with van der Waals surface area (Å²) in [5, 5.41) is 0.660. The van der Waals surface area contributed by atoms with E-state index in [0.29, 0.717) is 5.39 Å². The zero-order valence-corrected chi connectivity index (χ0v) is 5.87. The summed E-state index contributed by atoms with van der Waals surface area (Å²) < 4.78 is 3.60. The third kappa shape index (κ3) is 0.675. The highest BCUT2D eigenvalue weighted by Gasteiger charge is 1.96. The Kier molecular flexibility index (Phi) is 1.11. The molecule has 0 amide bonds.